The Morgan fingerprint density at radius 2 is 1.68 bits per heavy atom. The second kappa shape index (κ2) is 9.09. The number of carboxylic acid groups (broad SMARTS) is 1. The number of halogens is 3. The van der Waals surface area contributed by atoms with Crippen LogP contribution in [0.5, 0.6) is 5.75 Å². The van der Waals surface area contributed by atoms with Crippen molar-refractivity contribution >= 4 is 57.6 Å². The van der Waals surface area contributed by atoms with Crippen LogP contribution in [0.1, 0.15) is 21.6 Å². The lowest BCUT2D eigenvalue weighted by atomic mass is 10.0. The van der Waals surface area contributed by atoms with Gasteiger partial charge in [0.25, 0.3) is 0 Å². The van der Waals surface area contributed by atoms with Crippen LogP contribution in [-0.2, 0) is 20.1 Å². The summed E-state index contributed by atoms with van der Waals surface area (Å²) in [5, 5.41) is 20.8. The molecule has 0 aliphatic heterocycles. The van der Waals surface area contributed by atoms with Gasteiger partial charge >= 0.3 is 5.97 Å². The molecule has 0 aliphatic carbocycles. The van der Waals surface area contributed by atoms with E-state index in [2.05, 4.69) is 15.9 Å². The van der Waals surface area contributed by atoms with Crippen molar-refractivity contribution in [1.29, 1.82) is 0 Å². The number of fused-ring (bicyclic) bond motifs is 1. The minimum atomic E-state index is -0.978. The van der Waals surface area contributed by atoms with Gasteiger partial charge in [-0.25, -0.2) is 4.79 Å². The number of carbonyl (C=O) groups is 1. The van der Waals surface area contributed by atoms with Gasteiger partial charge < -0.3 is 24.6 Å². The van der Waals surface area contributed by atoms with Gasteiger partial charge in [0, 0.05) is 36.8 Å². The quantitative estimate of drug-likeness (QED) is 0.722. The summed E-state index contributed by atoms with van der Waals surface area (Å²) in [4.78, 5) is 15.8. The SMILES string of the molecule is CN(C)Cc1c(O)c(Br)cc2c1c(C(=O)O)c(CN(C)C)n2C.Cl.Cl. The summed E-state index contributed by atoms with van der Waals surface area (Å²) in [5.74, 6) is -0.884. The maximum atomic E-state index is 11.9. The number of carboxylic acids is 1. The van der Waals surface area contributed by atoms with Crippen LogP contribution >= 0.6 is 40.7 Å². The number of aromatic hydroxyl groups is 1. The fourth-order valence-corrected chi connectivity index (χ4v) is 3.32. The van der Waals surface area contributed by atoms with Crippen LogP contribution in [0, 0.1) is 0 Å². The number of aromatic carboxylic acids is 1. The van der Waals surface area contributed by atoms with Gasteiger partial charge in [0.2, 0.25) is 0 Å². The molecule has 1 aromatic heterocycles. The summed E-state index contributed by atoms with van der Waals surface area (Å²) >= 11 is 3.37. The van der Waals surface area contributed by atoms with Gasteiger partial charge in [0.1, 0.15) is 5.75 Å². The Morgan fingerprint density at radius 1 is 1.16 bits per heavy atom. The first-order valence-corrected chi connectivity index (χ1v) is 7.98. The molecule has 1 aromatic carbocycles. The number of nitrogens with zero attached hydrogens (tertiary/aromatic N) is 3. The molecular formula is C16H24BrCl2N3O3. The van der Waals surface area contributed by atoms with E-state index in [1.54, 1.807) is 6.07 Å². The van der Waals surface area contributed by atoms with Crippen LogP contribution < -0.4 is 0 Å². The monoisotopic (exact) mass is 455 g/mol. The fraction of sp³-hybridized carbons (Fsp3) is 0.438. The highest BCUT2D eigenvalue weighted by Crippen LogP contribution is 2.39. The Labute approximate surface area is 168 Å². The molecule has 9 heteroatoms. The Bertz CT molecular complexity index is 776. The molecule has 1 heterocycles. The molecule has 0 bridgehead atoms. The zero-order valence-electron chi connectivity index (χ0n) is 14.8. The molecule has 0 atom stereocenters. The molecular weight excluding hydrogens is 433 g/mol. The maximum absolute atomic E-state index is 11.9. The number of aromatic nitrogens is 1. The molecule has 0 aliphatic rings. The smallest absolute Gasteiger partial charge is 0.338 e. The zero-order chi connectivity index (χ0) is 17.5. The van der Waals surface area contributed by atoms with Gasteiger partial charge in [-0.05, 0) is 50.2 Å². The van der Waals surface area contributed by atoms with E-state index in [1.807, 2.05) is 49.6 Å². The van der Waals surface area contributed by atoms with E-state index in [9.17, 15) is 15.0 Å². The van der Waals surface area contributed by atoms with E-state index in [0.29, 0.717) is 28.5 Å². The molecule has 0 spiro atoms. The number of benzene rings is 1. The first kappa shape index (κ1) is 24.0. The normalized spacial score (nSPS) is 10.9. The molecule has 0 amide bonds. The maximum Gasteiger partial charge on any atom is 0.338 e. The lowest BCUT2D eigenvalue weighted by molar-refractivity contribution is 0.0696. The first-order chi connectivity index (χ1) is 10.6. The standard InChI is InChI=1S/C16H22BrN3O3.2ClH/c1-18(2)7-9-13-11(6-10(17)15(9)21)20(5)12(8-19(3)4)14(13)16(22)23;;/h6,21H,7-8H2,1-5H3,(H,22,23);2*1H. The van der Waals surface area contributed by atoms with Crippen molar-refractivity contribution in [1.82, 2.24) is 14.4 Å². The molecule has 142 valence electrons. The van der Waals surface area contributed by atoms with E-state index >= 15 is 0 Å². The van der Waals surface area contributed by atoms with Gasteiger partial charge in [-0.1, -0.05) is 0 Å². The topological polar surface area (TPSA) is 68.9 Å². The highest BCUT2D eigenvalue weighted by Gasteiger charge is 2.26. The molecule has 0 saturated carbocycles. The van der Waals surface area contributed by atoms with Crippen LogP contribution in [0.2, 0.25) is 0 Å². The number of rotatable bonds is 5. The molecule has 6 nitrogen and oxygen atoms in total. The number of aryl methyl sites for hydroxylation is 1. The van der Waals surface area contributed by atoms with Crippen molar-refractivity contribution in [2.75, 3.05) is 28.2 Å². The fourth-order valence-electron chi connectivity index (χ4n) is 2.86. The van der Waals surface area contributed by atoms with Gasteiger partial charge in [-0.2, -0.15) is 0 Å². The first-order valence-electron chi connectivity index (χ1n) is 7.19. The van der Waals surface area contributed by atoms with E-state index < -0.39 is 5.97 Å². The summed E-state index contributed by atoms with van der Waals surface area (Å²) in [6, 6.07) is 1.77. The predicted octanol–water partition coefficient (Wildman–Crippen LogP) is 3.31. The summed E-state index contributed by atoms with van der Waals surface area (Å²) in [6.45, 7) is 0.958. The van der Waals surface area contributed by atoms with Crippen LogP contribution in [0.4, 0.5) is 0 Å². The second-order valence-electron chi connectivity index (χ2n) is 6.24. The molecule has 0 fully saturated rings. The van der Waals surface area contributed by atoms with Gasteiger partial charge in [-0.15, -0.1) is 24.8 Å². The number of phenolic OH excluding ortho intramolecular Hbond substituents is 1. The summed E-state index contributed by atoms with van der Waals surface area (Å²) in [7, 11) is 9.43. The molecule has 25 heavy (non-hydrogen) atoms. The van der Waals surface area contributed by atoms with E-state index in [1.165, 1.54) is 0 Å². The predicted molar refractivity (Wildman–Crippen MR) is 109 cm³/mol. The number of hydrogen-bond donors (Lipinski definition) is 2. The van der Waals surface area contributed by atoms with Crippen molar-refractivity contribution in [2.24, 2.45) is 7.05 Å². The third-order valence-electron chi connectivity index (χ3n) is 3.79. The highest BCUT2D eigenvalue weighted by molar-refractivity contribution is 9.10. The Morgan fingerprint density at radius 3 is 2.12 bits per heavy atom. The van der Waals surface area contributed by atoms with Gasteiger partial charge in [-0.3, -0.25) is 0 Å². The Balaban J connectivity index is 0.00000288. The van der Waals surface area contributed by atoms with E-state index in [0.717, 1.165) is 11.2 Å². The lowest BCUT2D eigenvalue weighted by Gasteiger charge is -2.14. The van der Waals surface area contributed by atoms with Gasteiger partial charge in [0.15, 0.2) is 0 Å². The van der Waals surface area contributed by atoms with Gasteiger partial charge in [0.05, 0.1) is 15.6 Å². The summed E-state index contributed by atoms with van der Waals surface area (Å²) < 4.78 is 2.46. The Hall–Kier alpha value is -0.990. The second-order valence-corrected chi connectivity index (χ2v) is 7.10. The average Bonchev–Trinajstić information content (AvgIpc) is 2.68. The van der Waals surface area contributed by atoms with Crippen molar-refractivity contribution in [3.63, 3.8) is 0 Å². The zero-order valence-corrected chi connectivity index (χ0v) is 18.0. The summed E-state index contributed by atoms with van der Waals surface area (Å²) in [6.07, 6.45) is 0. The molecule has 0 radical (unpaired) electrons. The van der Waals surface area contributed by atoms with E-state index in [4.69, 9.17) is 0 Å². The van der Waals surface area contributed by atoms with E-state index in [-0.39, 0.29) is 36.1 Å². The van der Waals surface area contributed by atoms with Crippen LogP contribution in [-0.4, -0.2) is 58.7 Å². The molecule has 2 rings (SSSR count). The molecule has 2 N–H and O–H groups in total. The van der Waals surface area contributed by atoms with Crippen LogP contribution in [0.3, 0.4) is 0 Å². The molecule has 2 aromatic rings. The Kier molecular flexibility index (Phi) is 8.73. The largest absolute Gasteiger partial charge is 0.506 e. The van der Waals surface area contributed by atoms with Crippen LogP contribution in [0.25, 0.3) is 10.9 Å². The lowest BCUT2D eigenvalue weighted by Crippen LogP contribution is -2.16. The number of hydrogen-bond acceptors (Lipinski definition) is 4. The van der Waals surface area contributed by atoms with Crippen molar-refractivity contribution < 1.29 is 15.0 Å². The molecule has 0 unspecified atom stereocenters. The number of phenols is 1. The third-order valence-corrected chi connectivity index (χ3v) is 4.40. The third kappa shape index (κ3) is 4.60. The summed E-state index contributed by atoms with van der Waals surface area (Å²) in [5.41, 5.74) is 2.39. The van der Waals surface area contributed by atoms with Crippen LogP contribution in [0.15, 0.2) is 10.5 Å². The highest BCUT2D eigenvalue weighted by atomic mass is 79.9. The minimum absolute atomic E-state index is 0. The molecule has 0 saturated heterocycles. The minimum Gasteiger partial charge on any atom is -0.506 e. The average molecular weight is 457 g/mol. The van der Waals surface area contributed by atoms with Crippen molar-refractivity contribution in [2.45, 2.75) is 13.1 Å². The van der Waals surface area contributed by atoms with Crippen molar-refractivity contribution in [3.8, 4) is 5.75 Å². The van der Waals surface area contributed by atoms with Crippen molar-refractivity contribution in [3.05, 3.63) is 27.4 Å².